The third-order valence-corrected chi connectivity index (χ3v) is 7.63. The van der Waals surface area contributed by atoms with Crippen LogP contribution in [0.2, 0.25) is 0 Å². The minimum absolute atomic E-state index is 0.000845. The number of aromatic nitrogens is 1. The minimum atomic E-state index is -1.16. The number of ketones is 1. The standard InChI is InChI=1S/C25H22F2N2O5S/c1-3-10-33-24(32)22-12(2)28-25(35-22)29-19(14-6-4-5-7-16(14)27)18-20(30)15-11-13(26)8-9-17(15)34-21(18)23(29)31/h3-7,13,15,17,19H,1,8-11H2,2H3. The number of esters is 1. The number of amides is 1. The van der Waals surface area contributed by atoms with Crippen molar-refractivity contribution in [1.82, 2.24) is 4.98 Å². The highest BCUT2D eigenvalue weighted by atomic mass is 32.1. The number of Topliss-reactive ketones (excluding diaryl/α,β-unsaturated/α-hetero) is 1. The first-order chi connectivity index (χ1) is 16.8. The number of aryl methyl sites for hydroxylation is 1. The Labute approximate surface area is 204 Å². The summed E-state index contributed by atoms with van der Waals surface area (Å²) >= 11 is 0.905. The molecule has 0 radical (unpaired) electrons. The number of carbonyl (C=O) groups is 3. The molecule has 2 aliphatic heterocycles. The van der Waals surface area contributed by atoms with E-state index >= 15 is 4.39 Å². The Morgan fingerprint density at radius 2 is 2.11 bits per heavy atom. The molecule has 0 N–H and O–H groups in total. The van der Waals surface area contributed by atoms with Crippen LogP contribution in [0.3, 0.4) is 0 Å². The minimum Gasteiger partial charge on any atom is -0.483 e. The van der Waals surface area contributed by atoms with Crippen LogP contribution in [0.4, 0.5) is 13.9 Å². The summed E-state index contributed by atoms with van der Waals surface area (Å²) in [5.74, 6) is -3.23. The van der Waals surface area contributed by atoms with Crippen molar-refractivity contribution in [3.63, 3.8) is 0 Å². The summed E-state index contributed by atoms with van der Waals surface area (Å²) < 4.78 is 40.3. The van der Waals surface area contributed by atoms with Crippen molar-refractivity contribution in [2.75, 3.05) is 11.5 Å². The molecular weight excluding hydrogens is 478 g/mol. The fourth-order valence-electron chi connectivity index (χ4n) is 4.88. The molecule has 10 heteroatoms. The summed E-state index contributed by atoms with van der Waals surface area (Å²) in [5, 5.41) is 0.100. The van der Waals surface area contributed by atoms with E-state index in [0.29, 0.717) is 12.1 Å². The molecule has 1 aromatic heterocycles. The van der Waals surface area contributed by atoms with Crippen LogP contribution >= 0.6 is 11.3 Å². The van der Waals surface area contributed by atoms with E-state index in [9.17, 15) is 18.8 Å². The number of fused-ring (bicyclic) bond motifs is 1. The van der Waals surface area contributed by atoms with Gasteiger partial charge in [0.05, 0.1) is 17.2 Å². The Bertz CT molecular complexity index is 1270. The van der Waals surface area contributed by atoms with Gasteiger partial charge in [0.1, 0.15) is 35.6 Å². The van der Waals surface area contributed by atoms with Crippen LogP contribution in [-0.4, -0.2) is 41.5 Å². The van der Waals surface area contributed by atoms with Gasteiger partial charge in [-0.2, -0.15) is 0 Å². The topological polar surface area (TPSA) is 85.8 Å². The third kappa shape index (κ3) is 3.85. The van der Waals surface area contributed by atoms with Gasteiger partial charge in [-0.15, -0.1) is 0 Å². The SMILES string of the molecule is C=CCOC(=O)c1sc(N2C(=O)C3=C(C(=O)C4CC(F)CCC4O3)C2c2ccccc2F)nc1C. The second-order valence-corrected chi connectivity index (χ2v) is 9.66. The summed E-state index contributed by atoms with van der Waals surface area (Å²) in [5.41, 5.74) is 0.404. The highest BCUT2D eigenvalue weighted by Gasteiger charge is 2.54. The lowest BCUT2D eigenvalue weighted by Crippen LogP contribution is -2.42. The van der Waals surface area contributed by atoms with Gasteiger partial charge in [-0.1, -0.05) is 42.2 Å². The average molecular weight is 501 g/mol. The molecule has 0 spiro atoms. The number of carbonyl (C=O) groups excluding carboxylic acids is 3. The second-order valence-electron chi connectivity index (χ2n) is 8.68. The van der Waals surface area contributed by atoms with Crippen molar-refractivity contribution in [3.8, 4) is 0 Å². The smallest absolute Gasteiger partial charge is 0.350 e. The first-order valence-corrected chi connectivity index (χ1v) is 12.1. The van der Waals surface area contributed by atoms with Gasteiger partial charge in [-0.25, -0.2) is 18.6 Å². The number of hydrogen-bond donors (Lipinski definition) is 0. The zero-order valence-electron chi connectivity index (χ0n) is 18.8. The highest BCUT2D eigenvalue weighted by Crippen LogP contribution is 2.49. The number of alkyl halides is 1. The summed E-state index contributed by atoms with van der Waals surface area (Å²) in [6.45, 7) is 5.10. The van der Waals surface area contributed by atoms with E-state index in [-0.39, 0.29) is 46.4 Å². The van der Waals surface area contributed by atoms with E-state index in [2.05, 4.69) is 11.6 Å². The molecule has 5 rings (SSSR count). The number of nitrogens with zero attached hydrogens (tertiary/aromatic N) is 2. The Hall–Kier alpha value is -3.40. The summed E-state index contributed by atoms with van der Waals surface area (Å²) in [4.78, 5) is 45.4. The van der Waals surface area contributed by atoms with E-state index in [1.807, 2.05) is 0 Å². The molecule has 3 heterocycles. The fourth-order valence-corrected chi connectivity index (χ4v) is 5.87. The van der Waals surface area contributed by atoms with Crippen LogP contribution in [-0.2, 0) is 19.1 Å². The largest absolute Gasteiger partial charge is 0.483 e. The Balaban J connectivity index is 1.61. The second kappa shape index (κ2) is 8.99. The quantitative estimate of drug-likeness (QED) is 0.447. The number of hydrogen-bond acceptors (Lipinski definition) is 7. The van der Waals surface area contributed by atoms with Gasteiger partial charge < -0.3 is 9.47 Å². The molecule has 1 aromatic carbocycles. The van der Waals surface area contributed by atoms with Crippen LogP contribution in [0.5, 0.6) is 0 Å². The number of halogens is 2. The normalized spacial score (nSPS) is 25.7. The average Bonchev–Trinajstić information content (AvgIpc) is 3.36. The molecule has 182 valence electrons. The Morgan fingerprint density at radius 1 is 1.34 bits per heavy atom. The molecule has 1 fully saturated rings. The first-order valence-electron chi connectivity index (χ1n) is 11.2. The monoisotopic (exact) mass is 500 g/mol. The molecule has 4 atom stereocenters. The maximum Gasteiger partial charge on any atom is 0.350 e. The lowest BCUT2D eigenvalue weighted by atomic mass is 9.77. The van der Waals surface area contributed by atoms with Crippen LogP contribution in [0.25, 0.3) is 0 Å². The Morgan fingerprint density at radius 3 is 2.86 bits per heavy atom. The lowest BCUT2D eigenvalue weighted by Gasteiger charge is -2.36. The fraction of sp³-hybridized carbons (Fsp3) is 0.360. The van der Waals surface area contributed by atoms with E-state index in [0.717, 1.165) is 11.3 Å². The molecular formula is C25H22F2N2O5S. The number of anilines is 1. The summed E-state index contributed by atoms with van der Waals surface area (Å²) in [7, 11) is 0. The van der Waals surface area contributed by atoms with E-state index in [1.165, 1.54) is 29.2 Å². The number of rotatable bonds is 5. The number of benzene rings is 1. The maximum absolute atomic E-state index is 15.0. The van der Waals surface area contributed by atoms with Gasteiger partial charge >= 0.3 is 5.97 Å². The van der Waals surface area contributed by atoms with Crippen LogP contribution in [0, 0.1) is 18.7 Å². The van der Waals surface area contributed by atoms with Gasteiger partial charge in [0.2, 0.25) is 0 Å². The van der Waals surface area contributed by atoms with Crippen molar-refractivity contribution in [2.24, 2.45) is 5.92 Å². The van der Waals surface area contributed by atoms with E-state index in [1.54, 1.807) is 13.0 Å². The number of ether oxygens (including phenoxy) is 2. The number of thiazole rings is 1. The predicted molar refractivity (Wildman–Crippen MR) is 123 cm³/mol. The predicted octanol–water partition coefficient (Wildman–Crippen LogP) is 4.38. The molecule has 1 saturated carbocycles. The molecule has 35 heavy (non-hydrogen) atoms. The van der Waals surface area contributed by atoms with E-state index in [4.69, 9.17) is 9.47 Å². The lowest BCUT2D eigenvalue weighted by molar-refractivity contribution is -0.133. The molecule has 7 nitrogen and oxygen atoms in total. The van der Waals surface area contributed by atoms with Crippen molar-refractivity contribution in [3.05, 3.63) is 70.2 Å². The van der Waals surface area contributed by atoms with Gasteiger partial charge in [-0.3, -0.25) is 14.5 Å². The molecule has 0 bridgehead atoms. The van der Waals surface area contributed by atoms with Crippen LogP contribution in [0.1, 0.15) is 46.2 Å². The van der Waals surface area contributed by atoms with Gasteiger partial charge in [0.25, 0.3) is 5.91 Å². The van der Waals surface area contributed by atoms with Gasteiger partial charge in [-0.05, 0) is 32.3 Å². The van der Waals surface area contributed by atoms with Crippen LogP contribution < -0.4 is 4.90 Å². The molecule has 0 saturated heterocycles. The van der Waals surface area contributed by atoms with Gasteiger partial charge in [0, 0.05) is 5.56 Å². The van der Waals surface area contributed by atoms with E-state index < -0.39 is 47.7 Å². The first kappa shape index (κ1) is 23.3. The summed E-state index contributed by atoms with van der Waals surface area (Å²) in [6, 6.07) is 4.65. The van der Waals surface area contributed by atoms with Gasteiger partial charge in [0.15, 0.2) is 16.7 Å². The van der Waals surface area contributed by atoms with Crippen molar-refractivity contribution < 1.29 is 32.6 Å². The molecule has 4 unspecified atom stereocenters. The highest BCUT2D eigenvalue weighted by molar-refractivity contribution is 7.17. The van der Waals surface area contributed by atoms with Crippen LogP contribution in [0.15, 0.2) is 48.3 Å². The van der Waals surface area contributed by atoms with Crippen molar-refractivity contribution in [1.29, 1.82) is 0 Å². The third-order valence-electron chi connectivity index (χ3n) is 6.49. The van der Waals surface area contributed by atoms with Crippen molar-refractivity contribution >= 4 is 34.1 Å². The maximum atomic E-state index is 15.0. The molecule has 2 aromatic rings. The Kier molecular flexibility index (Phi) is 6.00. The zero-order chi connectivity index (χ0) is 24.9. The zero-order valence-corrected chi connectivity index (χ0v) is 19.6. The molecule has 1 aliphatic carbocycles. The van der Waals surface area contributed by atoms with Crippen molar-refractivity contribution in [2.45, 2.75) is 44.5 Å². The summed E-state index contributed by atoms with van der Waals surface area (Å²) in [6.07, 6.45) is 0.219. The molecule has 1 amide bonds. The molecule has 3 aliphatic rings.